The fourth-order valence-electron chi connectivity index (χ4n) is 2.90. The van der Waals surface area contributed by atoms with Gasteiger partial charge in [-0.2, -0.15) is 5.26 Å². The van der Waals surface area contributed by atoms with E-state index >= 15 is 0 Å². The lowest BCUT2D eigenvalue weighted by atomic mass is 10.1. The summed E-state index contributed by atoms with van der Waals surface area (Å²) in [6.07, 6.45) is 1.00. The first kappa shape index (κ1) is 13.3. The number of nitrogen functional groups attached to an aromatic ring is 1. The second-order valence-electron chi connectivity index (χ2n) is 5.16. The van der Waals surface area contributed by atoms with Crippen molar-refractivity contribution in [2.45, 2.75) is 13.0 Å². The number of nitriles is 1. The lowest BCUT2D eigenvalue weighted by Gasteiger charge is -2.22. The molecule has 0 aromatic heterocycles. The summed E-state index contributed by atoms with van der Waals surface area (Å²) in [4.78, 5) is 2.25. The fraction of sp³-hybridized carbons (Fsp3) is 0.235. The Morgan fingerprint density at radius 1 is 1.33 bits per heavy atom. The first-order chi connectivity index (χ1) is 10.2. The SMILES string of the molecule is COc1ccc(C#N)cc1CN1CCc2cccc(N)c21. The predicted molar refractivity (Wildman–Crippen MR) is 83.3 cm³/mol. The summed E-state index contributed by atoms with van der Waals surface area (Å²) >= 11 is 0. The third kappa shape index (κ3) is 2.38. The molecular formula is C17H17N3O. The highest BCUT2D eigenvalue weighted by Gasteiger charge is 2.22. The van der Waals surface area contributed by atoms with Crippen LogP contribution in [0.2, 0.25) is 0 Å². The van der Waals surface area contributed by atoms with Crippen LogP contribution in [0.3, 0.4) is 0 Å². The number of benzene rings is 2. The molecule has 0 saturated heterocycles. The number of ether oxygens (including phenoxy) is 1. The summed E-state index contributed by atoms with van der Waals surface area (Å²) in [7, 11) is 1.65. The van der Waals surface area contributed by atoms with Gasteiger partial charge in [0, 0.05) is 18.7 Å². The third-order valence-electron chi connectivity index (χ3n) is 3.89. The number of nitrogens with two attached hydrogens (primary N) is 1. The van der Waals surface area contributed by atoms with Crippen molar-refractivity contribution >= 4 is 11.4 Å². The van der Waals surface area contributed by atoms with Crippen molar-refractivity contribution in [1.29, 1.82) is 5.26 Å². The molecule has 4 nitrogen and oxygen atoms in total. The number of methoxy groups -OCH3 is 1. The monoisotopic (exact) mass is 279 g/mol. The molecule has 4 heteroatoms. The molecule has 0 spiro atoms. The lowest BCUT2D eigenvalue weighted by Crippen LogP contribution is -2.21. The summed E-state index contributed by atoms with van der Waals surface area (Å²) in [5, 5.41) is 9.06. The van der Waals surface area contributed by atoms with E-state index in [1.54, 1.807) is 13.2 Å². The van der Waals surface area contributed by atoms with Crippen molar-refractivity contribution in [2.75, 3.05) is 24.3 Å². The Balaban J connectivity index is 1.95. The van der Waals surface area contributed by atoms with Gasteiger partial charge >= 0.3 is 0 Å². The van der Waals surface area contributed by atoms with Crippen LogP contribution in [0.5, 0.6) is 5.75 Å². The maximum Gasteiger partial charge on any atom is 0.123 e. The standard InChI is InChI=1S/C17H17N3O/c1-21-16-6-5-12(10-18)9-14(16)11-20-8-7-13-3-2-4-15(19)17(13)20/h2-6,9H,7-8,11,19H2,1H3. The predicted octanol–water partition coefficient (Wildman–Crippen LogP) is 2.71. The average Bonchev–Trinajstić information content (AvgIpc) is 2.91. The van der Waals surface area contributed by atoms with Gasteiger partial charge in [-0.15, -0.1) is 0 Å². The molecule has 0 fully saturated rings. The largest absolute Gasteiger partial charge is 0.496 e. The summed E-state index contributed by atoms with van der Waals surface area (Å²) in [5.41, 5.74) is 11.0. The van der Waals surface area contributed by atoms with Crippen molar-refractivity contribution in [1.82, 2.24) is 0 Å². The van der Waals surface area contributed by atoms with Gasteiger partial charge in [0.2, 0.25) is 0 Å². The van der Waals surface area contributed by atoms with E-state index in [-0.39, 0.29) is 0 Å². The second kappa shape index (κ2) is 5.37. The Kier molecular flexibility index (Phi) is 3.41. The van der Waals surface area contributed by atoms with Gasteiger partial charge < -0.3 is 15.4 Å². The third-order valence-corrected chi connectivity index (χ3v) is 3.89. The summed E-state index contributed by atoms with van der Waals surface area (Å²) in [5.74, 6) is 0.803. The van der Waals surface area contributed by atoms with Crippen molar-refractivity contribution in [3.05, 3.63) is 53.1 Å². The Labute approximate surface area is 124 Å². The molecule has 106 valence electrons. The zero-order valence-electron chi connectivity index (χ0n) is 12.0. The molecule has 1 aliphatic rings. The van der Waals surface area contributed by atoms with E-state index in [9.17, 15) is 0 Å². The minimum atomic E-state index is 0.645. The number of anilines is 2. The van der Waals surface area contributed by atoms with Crippen LogP contribution in [-0.2, 0) is 13.0 Å². The molecule has 0 atom stereocenters. The number of hydrogen-bond acceptors (Lipinski definition) is 4. The molecule has 0 unspecified atom stereocenters. The number of fused-ring (bicyclic) bond motifs is 1. The minimum absolute atomic E-state index is 0.645. The van der Waals surface area contributed by atoms with Crippen LogP contribution >= 0.6 is 0 Å². The van der Waals surface area contributed by atoms with Gasteiger partial charge in [0.1, 0.15) is 5.75 Å². The molecule has 2 aromatic rings. The first-order valence-corrected chi connectivity index (χ1v) is 6.92. The van der Waals surface area contributed by atoms with Crippen molar-refractivity contribution in [2.24, 2.45) is 0 Å². The van der Waals surface area contributed by atoms with Gasteiger partial charge in [-0.25, -0.2) is 0 Å². The van der Waals surface area contributed by atoms with Crippen molar-refractivity contribution in [3.8, 4) is 11.8 Å². The van der Waals surface area contributed by atoms with Crippen LogP contribution in [0.15, 0.2) is 36.4 Å². The molecule has 0 bridgehead atoms. The summed E-state index contributed by atoms with van der Waals surface area (Å²) < 4.78 is 5.41. The zero-order chi connectivity index (χ0) is 14.8. The van der Waals surface area contributed by atoms with E-state index in [0.29, 0.717) is 12.1 Å². The molecule has 21 heavy (non-hydrogen) atoms. The van der Waals surface area contributed by atoms with Gasteiger partial charge in [-0.3, -0.25) is 0 Å². The van der Waals surface area contributed by atoms with Crippen molar-refractivity contribution < 1.29 is 4.74 Å². The van der Waals surface area contributed by atoms with Crippen LogP contribution in [0.1, 0.15) is 16.7 Å². The number of nitrogens with zero attached hydrogens (tertiary/aromatic N) is 2. The summed E-state index contributed by atoms with van der Waals surface area (Å²) in [6, 6.07) is 13.7. The fourth-order valence-corrected chi connectivity index (χ4v) is 2.90. The molecular weight excluding hydrogens is 262 g/mol. The van der Waals surface area contributed by atoms with Crippen LogP contribution in [0, 0.1) is 11.3 Å². The Bertz CT molecular complexity index is 718. The molecule has 2 aromatic carbocycles. The highest BCUT2D eigenvalue weighted by Crippen LogP contribution is 2.35. The van der Waals surface area contributed by atoms with E-state index in [4.69, 9.17) is 15.7 Å². The van der Waals surface area contributed by atoms with Gasteiger partial charge in [0.15, 0.2) is 0 Å². The number of rotatable bonds is 3. The topological polar surface area (TPSA) is 62.3 Å². The molecule has 0 radical (unpaired) electrons. The van der Waals surface area contributed by atoms with Crippen LogP contribution < -0.4 is 15.4 Å². The second-order valence-corrected chi connectivity index (χ2v) is 5.16. The van der Waals surface area contributed by atoms with Crippen molar-refractivity contribution in [3.63, 3.8) is 0 Å². The minimum Gasteiger partial charge on any atom is -0.496 e. The van der Waals surface area contributed by atoms with Crippen LogP contribution in [0.4, 0.5) is 11.4 Å². The van der Waals surface area contributed by atoms with Gasteiger partial charge in [-0.05, 0) is 36.2 Å². The maximum atomic E-state index is 9.06. The number of hydrogen-bond donors (Lipinski definition) is 1. The highest BCUT2D eigenvalue weighted by atomic mass is 16.5. The first-order valence-electron chi connectivity index (χ1n) is 6.92. The van der Waals surface area contributed by atoms with E-state index in [0.717, 1.165) is 35.7 Å². The van der Waals surface area contributed by atoms with Gasteiger partial charge in [0.25, 0.3) is 0 Å². The Morgan fingerprint density at radius 3 is 2.95 bits per heavy atom. The average molecular weight is 279 g/mol. The van der Waals surface area contributed by atoms with E-state index in [1.165, 1.54) is 5.56 Å². The smallest absolute Gasteiger partial charge is 0.123 e. The van der Waals surface area contributed by atoms with Gasteiger partial charge in [0.05, 0.1) is 30.1 Å². The molecule has 2 N–H and O–H groups in total. The lowest BCUT2D eigenvalue weighted by molar-refractivity contribution is 0.409. The molecule has 3 rings (SSSR count). The summed E-state index contributed by atoms with van der Waals surface area (Å²) in [6.45, 7) is 1.63. The van der Waals surface area contributed by atoms with E-state index in [2.05, 4.69) is 17.0 Å². The molecule has 0 aliphatic carbocycles. The zero-order valence-corrected chi connectivity index (χ0v) is 12.0. The van der Waals surface area contributed by atoms with Crippen LogP contribution in [-0.4, -0.2) is 13.7 Å². The molecule has 0 amide bonds. The van der Waals surface area contributed by atoms with Gasteiger partial charge in [-0.1, -0.05) is 12.1 Å². The number of para-hydroxylation sites is 1. The quantitative estimate of drug-likeness (QED) is 0.877. The van der Waals surface area contributed by atoms with E-state index < -0.39 is 0 Å². The highest BCUT2D eigenvalue weighted by molar-refractivity contribution is 5.74. The molecule has 1 aliphatic heterocycles. The molecule has 0 saturated carbocycles. The molecule has 1 heterocycles. The Hall–Kier alpha value is -2.67. The Morgan fingerprint density at radius 2 is 2.19 bits per heavy atom. The van der Waals surface area contributed by atoms with Crippen LogP contribution in [0.25, 0.3) is 0 Å². The maximum absolute atomic E-state index is 9.06. The normalized spacial score (nSPS) is 12.9. The van der Waals surface area contributed by atoms with E-state index in [1.807, 2.05) is 24.3 Å².